The summed E-state index contributed by atoms with van der Waals surface area (Å²) in [6.45, 7) is 0.467. The quantitative estimate of drug-likeness (QED) is 0.451. The molecule has 0 saturated heterocycles. The fourth-order valence-corrected chi connectivity index (χ4v) is 3.65. The summed E-state index contributed by atoms with van der Waals surface area (Å²) in [6.07, 6.45) is 1.50. The molecule has 2 aromatic carbocycles. The van der Waals surface area contributed by atoms with Crippen LogP contribution >= 0.6 is 33.3 Å². The van der Waals surface area contributed by atoms with Crippen molar-refractivity contribution in [2.75, 3.05) is 0 Å². The molecule has 0 amide bonds. The summed E-state index contributed by atoms with van der Waals surface area (Å²) in [4.78, 5) is -0.532. The van der Waals surface area contributed by atoms with Gasteiger partial charge in [-0.15, -0.1) is 0 Å². The fourth-order valence-electron chi connectivity index (χ4n) is 2.18. The predicted octanol–water partition coefficient (Wildman–Crippen LogP) is 3.76. The van der Waals surface area contributed by atoms with Crippen LogP contribution in [0.15, 0.2) is 47.5 Å². The summed E-state index contributed by atoms with van der Waals surface area (Å²) in [6, 6.07) is 10.1. The Kier molecular flexibility index (Phi) is 4.13. The predicted molar refractivity (Wildman–Crippen MR) is 91.0 cm³/mol. The van der Waals surface area contributed by atoms with Crippen molar-refractivity contribution in [1.29, 1.82) is 0 Å². The van der Waals surface area contributed by atoms with E-state index in [9.17, 15) is 12.8 Å². The molecule has 0 N–H and O–H groups in total. The van der Waals surface area contributed by atoms with Crippen molar-refractivity contribution in [1.82, 2.24) is 9.78 Å². The van der Waals surface area contributed by atoms with Crippen molar-refractivity contribution in [3.8, 4) is 0 Å². The Bertz CT molecular complexity index is 972. The van der Waals surface area contributed by atoms with E-state index in [1.807, 2.05) is 24.3 Å². The minimum atomic E-state index is -4.12. The number of fused-ring (bicyclic) bond motifs is 1. The van der Waals surface area contributed by atoms with Crippen molar-refractivity contribution in [3.63, 3.8) is 0 Å². The molecule has 1 aromatic heterocycles. The zero-order chi connectivity index (χ0) is 15.9. The molecule has 0 bridgehead atoms. The van der Waals surface area contributed by atoms with E-state index in [-0.39, 0.29) is 0 Å². The molecule has 0 spiro atoms. The SMILES string of the molecule is O=S(=O)(Cl)c1cc2cnn(Cc3ccccc3I)c2cc1F. The molecule has 0 aliphatic heterocycles. The first-order valence-electron chi connectivity index (χ1n) is 6.19. The molecule has 0 aliphatic rings. The van der Waals surface area contributed by atoms with Gasteiger partial charge < -0.3 is 0 Å². The van der Waals surface area contributed by atoms with Crippen LogP contribution in [-0.2, 0) is 15.6 Å². The van der Waals surface area contributed by atoms with Crippen LogP contribution in [0.25, 0.3) is 10.9 Å². The van der Waals surface area contributed by atoms with Crippen molar-refractivity contribution >= 4 is 53.2 Å². The maximum absolute atomic E-state index is 14.0. The van der Waals surface area contributed by atoms with Gasteiger partial charge in [-0.3, -0.25) is 4.68 Å². The highest BCUT2D eigenvalue weighted by Gasteiger charge is 2.19. The topological polar surface area (TPSA) is 52.0 Å². The third-order valence-corrected chi connectivity index (χ3v) is 5.63. The number of halogens is 3. The lowest BCUT2D eigenvalue weighted by Gasteiger charge is -2.07. The normalized spacial score (nSPS) is 12.0. The van der Waals surface area contributed by atoms with Gasteiger partial charge in [-0.1, -0.05) is 18.2 Å². The lowest BCUT2D eigenvalue weighted by molar-refractivity contribution is 0.576. The smallest absolute Gasteiger partial charge is 0.260 e. The van der Waals surface area contributed by atoms with Gasteiger partial charge in [-0.25, -0.2) is 12.8 Å². The highest BCUT2D eigenvalue weighted by Crippen LogP contribution is 2.26. The molecular weight excluding hydrogens is 442 g/mol. The Balaban J connectivity index is 2.10. The number of aromatic nitrogens is 2. The number of hydrogen-bond acceptors (Lipinski definition) is 3. The van der Waals surface area contributed by atoms with Gasteiger partial charge in [0.1, 0.15) is 10.7 Å². The number of nitrogens with zero attached hydrogens (tertiary/aromatic N) is 2. The zero-order valence-corrected chi connectivity index (χ0v) is 14.7. The molecular formula is C14H9ClFIN2O2S. The van der Waals surface area contributed by atoms with Crippen LogP contribution in [0.5, 0.6) is 0 Å². The molecule has 22 heavy (non-hydrogen) atoms. The van der Waals surface area contributed by atoms with E-state index in [2.05, 4.69) is 27.7 Å². The molecule has 114 valence electrons. The molecule has 8 heteroatoms. The van der Waals surface area contributed by atoms with Crippen molar-refractivity contribution < 1.29 is 12.8 Å². The van der Waals surface area contributed by atoms with Gasteiger partial charge in [-0.05, 0) is 40.3 Å². The van der Waals surface area contributed by atoms with Crippen LogP contribution in [0.4, 0.5) is 4.39 Å². The second-order valence-corrected chi connectivity index (χ2v) is 8.37. The van der Waals surface area contributed by atoms with E-state index in [0.29, 0.717) is 17.4 Å². The molecule has 0 aliphatic carbocycles. The standard InChI is InChI=1S/C14H9ClFIN2O2S/c15-22(20,21)14-5-10-7-18-19(13(10)6-11(14)16)8-9-3-1-2-4-12(9)17/h1-7H,8H2. The second kappa shape index (κ2) is 5.78. The Morgan fingerprint density at radius 1 is 1.27 bits per heavy atom. The van der Waals surface area contributed by atoms with Crippen LogP contribution in [0.2, 0.25) is 0 Å². The van der Waals surface area contributed by atoms with E-state index in [1.165, 1.54) is 12.3 Å². The van der Waals surface area contributed by atoms with Crippen molar-refractivity contribution in [2.45, 2.75) is 11.4 Å². The highest BCUT2D eigenvalue weighted by atomic mass is 127. The zero-order valence-electron chi connectivity index (χ0n) is 11.0. The van der Waals surface area contributed by atoms with Crippen LogP contribution < -0.4 is 0 Å². The average Bonchev–Trinajstić information content (AvgIpc) is 2.82. The highest BCUT2D eigenvalue weighted by molar-refractivity contribution is 14.1. The summed E-state index contributed by atoms with van der Waals surface area (Å²) >= 11 is 2.22. The minimum absolute atomic E-state index is 0.467. The summed E-state index contributed by atoms with van der Waals surface area (Å²) < 4.78 is 39.4. The first-order chi connectivity index (χ1) is 10.4. The van der Waals surface area contributed by atoms with E-state index in [0.717, 1.165) is 15.2 Å². The summed E-state index contributed by atoms with van der Waals surface area (Å²) in [7, 11) is 1.10. The Morgan fingerprint density at radius 2 is 2.00 bits per heavy atom. The maximum atomic E-state index is 14.0. The summed E-state index contributed by atoms with van der Waals surface area (Å²) in [5.41, 5.74) is 1.56. The first-order valence-corrected chi connectivity index (χ1v) is 9.58. The molecule has 0 fully saturated rings. The third-order valence-electron chi connectivity index (χ3n) is 3.24. The Labute approximate surface area is 144 Å². The third kappa shape index (κ3) is 2.97. The summed E-state index contributed by atoms with van der Waals surface area (Å²) in [5, 5.41) is 4.72. The number of benzene rings is 2. The molecule has 0 unspecified atom stereocenters. The largest absolute Gasteiger partial charge is 0.264 e. The van der Waals surface area contributed by atoms with Gasteiger partial charge >= 0.3 is 0 Å². The van der Waals surface area contributed by atoms with Gasteiger partial charge in [0.05, 0.1) is 18.3 Å². The van der Waals surface area contributed by atoms with Crippen LogP contribution in [0.3, 0.4) is 0 Å². The lowest BCUT2D eigenvalue weighted by atomic mass is 10.2. The van der Waals surface area contributed by atoms with Gasteiger partial charge in [0.15, 0.2) is 0 Å². The second-order valence-electron chi connectivity index (χ2n) is 4.67. The number of rotatable bonds is 3. The Hall–Kier alpha value is -1.19. The molecule has 3 aromatic rings. The van der Waals surface area contributed by atoms with Gasteiger partial charge in [-0.2, -0.15) is 5.10 Å². The Morgan fingerprint density at radius 3 is 2.68 bits per heavy atom. The van der Waals surface area contributed by atoms with E-state index in [4.69, 9.17) is 10.7 Å². The molecule has 3 rings (SSSR count). The van der Waals surface area contributed by atoms with E-state index in [1.54, 1.807) is 4.68 Å². The molecule has 0 radical (unpaired) electrons. The minimum Gasteiger partial charge on any atom is -0.260 e. The van der Waals surface area contributed by atoms with E-state index < -0.39 is 19.8 Å². The number of hydrogen-bond donors (Lipinski definition) is 0. The molecule has 0 saturated carbocycles. The fraction of sp³-hybridized carbons (Fsp3) is 0.0714. The average molecular weight is 451 g/mol. The first kappa shape index (κ1) is 15.7. The molecule has 1 heterocycles. The van der Waals surface area contributed by atoms with Crippen LogP contribution in [-0.4, -0.2) is 18.2 Å². The van der Waals surface area contributed by atoms with Crippen molar-refractivity contribution in [2.24, 2.45) is 0 Å². The monoisotopic (exact) mass is 450 g/mol. The van der Waals surface area contributed by atoms with Crippen LogP contribution in [0, 0.1) is 9.39 Å². The molecule has 4 nitrogen and oxygen atoms in total. The van der Waals surface area contributed by atoms with E-state index >= 15 is 0 Å². The maximum Gasteiger partial charge on any atom is 0.264 e. The van der Waals surface area contributed by atoms with Crippen LogP contribution in [0.1, 0.15) is 5.56 Å². The van der Waals surface area contributed by atoms with Gasteiger partial charge in [0, 0.05) is 25.7 Å². The van der Waals surface area contributed by atoms with Crippen molar-refractivity contribution in [3.05, 3.63) is 57.5 Å². The lowest BCUT2D eigenvalue weighted by Crippen LogP contribution is -2.03. The summed E-state index contributed by atoms with van der Waals surface area (Å²) in [5.74, 6) is -0.882. The van der Waals surface area contributed by atoms with Gasteiger partial charge in [0.25, 0.3) is 9.05 Å². The molecule has 0 atom stereocenters. The van der Waals surface area contributed by atoms with Gasteiger partial charge in [0.2, 0.25) is 0 Å².